The number of hydrogen-bond acceptors (Lipinski definition) is 7. The molecule has 4 rings (SSSR count). The number of nitrogens with zero attached hydrogens (tertiary/aromatic N) is 2. The molecule has 0 aliphatic carbocycles. The fourth-order valence-corrected chi connectivity index (χ4v) is 3.08. The summed E-state index contributed by atoms with van der Waals surface area (Å²) in [5.74, 6) is 1.68. The Morgan fingerprint density at radius 1 is 1.15 bits per heavy atom. The van der Waals surface area contributed by atoms with Crippen molar-refractivity contribution < 1.29 is 18.7 Å². The minimum Gasteiger partial charge on any atom is -0.485 e. The standard InChI is InChI=1S/C19H17N3O4S/c1-12-6-8-13(9-7-12)20-17(23)11-27-19-22-21-18(26-19)16-10-24-14-4-2-3-5-15(14)25-16/h2-9,16H,10-11H2,1H3,(H,20,23). The van der Waals surface area contributed by atoms with Gasteiger partial charge in [0.2, 0.25) is 12.0 Å². The highest BCUT2D eigenvalue weighted by Gasteiger charge is 2.27. The molecule has 1 atom stereocenters. The Kier molecular flexibility index (Phi) is 4.97. The van der Waals surface area contributed by atoms with E-state index in [1.54, 1.807) is 0 Å². The second kappa shape index (κ2) is 7.71. The first-order valence-corrected chi connectivity index (χ1v) is 9.37. The van der Waals surface area contributed by atoms with Crippen molar-refractivity contribution in [3.05, 3.63) is 60.0 Å². The van der Waals surface area contributed by atoms with E-state index in [1.165, 1.54) is 11.8 Å². The van der Waals surface area contributed by atoms with Crippen LogP contribution in [0.5, 0.6) is 11.5 Å². The average molecular weight is 383 g/mol. The van der Waals surface area contributed by atoms with E-state index in [0.29, 0.717) is 22.6 Å². The van der Waals surface area contributed by atoms with Crippen LogP contribution in [0.25, 0.3) is 0 Å². The van der Waals surface area contributed by atoms with Crippen LogP contribution in [0.4, 0.5) is 5.69 Å². The Bertz CT molecular complexity index is 942. The predicted octanol–water partition coefficient (Wildman–Crippen LogP) is 3.62. The third-order valence-electron chi connectivity index (χ3n) is 3.87. The largest absolute Gasteiger partial charge is 0.485 e. The number of aromatic nitrogens is 2. The number of nitrogens with one attached hydrogen (secondary N) is 1. The molecule has 1 aliphatic heterocycles. The minimum absolute atomic E-state index is 0.144. The molecule has 1 N–H and O–H groups in total. The number of anilines is 1. The van der Waals surface area contributed by atoms with Crippen LogP contribution in [0.3, 0.4) is 0 Å². The van der Waals surface area contributed by atoms with Crippen LogP contribution in [0.2, 0.25) is 0 Å². The van der Waals surface area contributed by atoms with E-state index >= 15 is 0 Å². The highest BCUT2D eigenvalue weighted by atomic mass is 32.2. The molecular formula is C19H17N3O4S. The molecule has 1 aliphatic rings. The summed E-state index contributed by atoms with van der Waals surface area (Å²) in [6.45, 7) is 2.28. The summed E-state index contributed by atoms with van der Waals surface area (Å²) in [5.41, 5.74) is 1.89. The lowest BCUT2D eigenvalue weighted by Crippen LogP contribution is -2.21. The van der Waals surface area contributed by atoms with Gasteiger partial charge in [-0.1, -0.05) is 41.6 Å². The number of para-hydroxylation sites is 2. The molecule has 0 spiro atoms. The highest BCUT2D eigenvalue weighted by molar-refractivity contribution is 7.99. The van der Waals surface area contributed by atoms with Crippen molar-refractivity contribution in [1.82, 2.24) is 10.2 Å². The van der Waals surface area contributed by atoms with Gasteiger partial charge < -0.3 is 19.2 Å². The van der Waals surface area contributed by atoms with Gasteiger partial charge in [0.15, 0.2) is 11.5 Å². The molecule has 0 saturated heterocycles. The molecule has 1 unspecified atom stereocenters. The van der Waals surface area contributed by atoms with Crippen LogP contribution in [-0.4, -0.2) is 28.5 Å². The quantitative estimate of drug-likeness (QED) is 0.673. The van der Waals surface area contributed by atoms with Gasteiger partial charge in [-0.2, -0.15) is 0 Å². The van der Waals surface area contributed by atoms with Gasteiger partial charge >= 0.3 is 0 Å². The zero-order chi connectivity index (χ0) is 18.6. The fraction of sp³-hybridized carbons (Fsp3) is 0.211. The van der Waals surface area contributed by atoms with Crippen LogP contribution < -0.4 is 14.8 Å². The van der Waals surface area contributed by atoms with Crippen LogP contribution in [0, 0.1) is 6.92 Å². The Labute approximate surface area is 160 Å². The number of rotatable bonds is 5. The van der Waals surface area contributed by atoms with E-state index in [0.717, 1.165) is 11.3 Å². The van der Waals surface area contributed by atoms with E-state index < -0.39 is 6.10 Å². The van der Waals surface area contributed by atoms with Gasteiger partial charge in [0, 0.05) is 5.69 Å². The van der Waals surface area contributed by atoms with Crippen molar-refractivity contribution in [2.75, 3.05) is 17.7 Å². The second-order valence-electron chi connectivity index (χ2n) is 5.97. The highest BCUT2D eigenvalue weighted by Crippen LogP contribution is 2.35. The SMILES string of the molecule is Cc1ccc(NC(=O)CSc2nnc(C3COc4ccccc4O3)o2)cc1. The third-order valence-corrected chi connectivity index (χ3v) is 4.69. The lowest BCUT2D eigenvalue weighted by molar-refractivity contribution is -0.113. The van der Waals surface area contributed by atoms with Crippen LogP contribution in [0.1, 0.15) is 17.6 Å². The van der Waals surface area contributed by atoms with Crippen LogP contribution in [-0.2, 0) is 4.79 Å². The molecule has 0 fully saturated rings. The van der Waals surface area contributed by atoms with Crippen molar-refractivity contribution in [3.63, 3.8) is 0 Å². The second-order valence-corrected chi connectivity index (χ2v) is 6.90. The maximum atomic E-state index is 12.0. The Hall–Kier alpha value is -3.00. The molecule has 0 saturated carbocycles. The fourth-order valence-electron chi connectivity index (χ4n) is 2.51. The van der Waals surface area contributed by atoms with Crippen molar-refractivity contribution in [1.29, 1.82) is 0 Å². The minimum atomic E-state index is -0.469. The van der Waals surface area contributed by atoms with Gasteiger partial charge in [-0.25, -0.2) is 0 Å². The summed E-state index contributed by atoms with van der Waals surface area (Å²) in [4.78, 5) is 12.0. The monoisotopic (exact) mass is 383 g/mol. The zero-order valence-electron chi connectivity index (χ0n) is 14.5. The molecule has 1 aromatic heterocycles. The summed E-state index contributed by atoms with van der Waals surface area (Å²) >= 11 is 1.17. The average Bonchev–Trinajstić information content (AvgIpc) is 3.17. The summed E-state index contributed by atoms with van der Waals surface area (Å²) in [5, 5.41) is 11.1. The van der Waals surface area contributed by atoms with Crippen molar-refractivity contribution in [2.45, 2.75) is 18.3 Å². The first-order chi connectivity index (χ1) is 13.2. The number of thioether (sulfide) groups is 1. The first-order valence-electron chi connectivity index (χ1n) is 8.38. The Morgan fingerprint density at radius 2 is 1.93 bits per heavy atom. The number of carbonyl (C=O) groups excluding carboxylic acids is 1. The summed E-state index contributed by atoms with van der Waals surface area (Å²) in [7, 11) is 0. The molecule has 3 aromatic rings. The van der Waals surface area contributed by atoms with Crippen LogP contribution >= 0.6 is 11.8 Å². The number of ether oxygens (including phenoxy) is 2. The van der Waals surface area contributed by atoms with Crippen molar-refractivity contribution >= 4 is 23.4 Å². The molecule has 7 nitrogen and oxygen atoms in total. The number of benzene rings is 2. The Morgan fingerprint density at radius 3 is 2.74 bits per heavy atom. The van der Waals surface area contributed by atoms with E-state index in [4.69, 9.17) is 13.9 Å². The molecule has 2 heterocycles. The first kappa shape index (κ1) is 17.4. The normalized spacial score (nSPS) is 15.4. The van der Waals surface area contributed by atoms with Gasteiger partial charge in [0.1, 0.15) is 6.61 Å². The summed E-state index contributed by atoms with van der Waals surface area (Å²) in [6, 6.07) is 15.0. The molecule has 0 bridgehead atoms. The number of carbonyl (C=O) groups is 1. The summed E-state index contributed by atoms with van der Waals surface area (Å²) in [6.07, 6.45) is -0.469. The molecule has 8 heteroatoms. The topological polar surface area (TPSA) is 86.5 Å². The third kappa shape index (κ3) is 4.22. The van der Waals surface area contributed by atoms with Gasteiger partial charge in [0.25, 0.3) is 11.1 Å². The van der Waals surface area contributed by atoms with Gasteiger partial charge in [-0.3, -0.25) is 4.79 Å². The van der Waals surface area contributed by atoms with Gasteiger partial charge in [-0.05, 0) is 31.2 Å². The predicted molar refractivity (Wildman–Crippen MR) is 100 cm³/mol. The Balaban J connectivity index is 1.32. The maximum Gasteiger partial charge on any atom is 0.277 e. The lowest BCUT2D eigenvalue weighted by Gasteiger charge is -2.23. The van der Waals surface area contributed by atoms with Gasteiger partial charge in [0.05, 0.1) is 5.75 Å². The van der Waals surface area contributed by atoms with E-state index in [9.17, 15) is 4.79 Å². The van der Waals surface area contributed by atoms with Crippen LogP contribution in [0.15, 0.2) is 58.2 Å². The number of aryl methyl sites for hydroxylation is 1. The van der Waals surface area contributed by atoms with E-state index in [2.05, 4.69) is 15.5 Å². The van der Waals surface area contributed by atoms with Gasteiger partial charge in [-0.15, -0.1) is 10.2 Å². The van der Waals surface area contributed by atoms with E-state index in [-0.39, 0.29) is 18.3 Å². The molecule has 27 heavy (non-hydrogen) atoms. The smallest absolute Gasteiger partial charge is 0.277 e. The number of amides is 1. The zero-order valence-corrected chi connectivity index (χ0v) is 15.4. The lowest BCUT2D eigenvalue weighted by atomic mass is 10.2. The number of hydrogen-bond donors (Lipinski definition) is 1. The van der Waals surface area contributed by atoms with E-state index in [1.807, 2.05) is 55.5 Å². The molecule has 1 amide bonds. The molecular weight excluding hydrogens is 366 g/mol. The summed E-state index contributed by atoms with van der Waals surface area (Å²) < 4.78 is 17.1. The molecule has 138 valence electrons. The molecule has 2 aromatic carbocycles. The maximum absolute atomic E-state index is 12.0. The van der Waals surface area contributed by atoms with Crippen molar-refractivity contribution in [2.24, 2.45) is 0 Å². The van der Waals surface area contributed by atoms with Crippen molar-refractivity contribution in [3.8, 4) is 11.5 Å². The molecule has 0 radical (unpaired) electrons. The number of fused-ring (bicyclic) bond motifs is 1.